The van der Waals surface area contributed by atoms with E-state index >= 15 is 0 Å². The minimum absolute atomic E-state index is 0.0770. The molecule has 2 aromatic carbocycles. The summed E-state index contributed by atoms with van der Waals surface area (Å²) in [5.74, 6) is -0.855. The Hall–Kier alpha value is -1.17. The Morgan fingerprint density at radius 3 is 2.45 bits per heavy atom. The molecule has 0 radical (unpaired) electrons. The van der Waals surface area contributed by atoms with Crippen molar-refractivity contribution in [2.24, 2.45) is 5.73 Å². The highest BCUT2D eigenvalue weighted by Crippen LogP contribution is 2.33. The molecule has 106 valence electrons. The zero-order chi connectivity index (χ0) is 14.9. The molecule has 0 saturated heterocycles. The van der Waals surface area contributed by atoms with Gasteiger partial charge in [0, 0.05) is 21.7 Å². The summed E-state index contributed by atoms with van der Waals surface area (Å²) in [6.07, 6.45) is 0. The van der Waals surface area contributed by atoms with Crippen molar-refractivity contribution in [2.45, 2.75) is 6.04 Å². The number of hydrogen-bond acceptors (Lipinski definition) is 2. The molecule has 0 heterocycles. The number of nitrogens with two attached hydrogens (primary N) is 1. The molecule has 2 rings (SSSR count). The lowest BCUT2D eigenvalue weighted by molar-refractivity contribution is 0.410. The van der Waals surface area contributed by atoms with Crippen LogP contribution in [0.1, 0.15) is 17.2 Å². The van der Waals surface area contributed by atoms with Crippen molar-refractivity contribution in [1.29, 1.82) is 0 Å². The second-order valence-electron chi connectivity index (χ2n) is 4.13. The molecule has 1 unspecified atom stereocenters. The first-order chi connectivity index (χ1) is 9.45. The predicted molar refractivity (Wildman–Crippen MR) is 78.1 cm³/mol. The fourth-order valence-electron chi connectivity index (χ4n) is 1.84. The van der Waals surface area contributed by atoms with Crippen LogP contribution in [0.15, 0.2) is 34.8 Å². The van der Waals surface area contributed by atoms with Crippen LogP contribution in [0, 0.1) is 11.6 Å². The van der Waals surface area contributed by atoms with Crippen molar-refractivity contribution in [2.75, 3.05) is 7.11 Å². The maximum absolute atomic E-state index is 14.1. The number of halogens is 4. The number of rotatable bonds is 3. The summed E-state index contributed by atoms with van der Waals surface area (Å²) in [4.78, 5) is 0. The Bertz CT molecular complexity index is 651. The quantitative estimate of drug-likeness (QED) is 0.820. The van der Waals surface area contributed by atoms with Crippen molar-refractivity contribution in [3.8, 4) is 5.75 Å². The highest BCUT2D eigenvalue weighted by Gasteiger charge is 2.20. The normalized spacial score (nSPS) is 12.3. The van der Waals surface area contributed by atoms with Gasteiger partial charge in [0.25, 0.3) is 0 Å². The van der Waals surface area contributed by atoms with Gasteiger partial charge in [0.1, 0.15) is 17.4 Å². The molecule has 0 amide bonds. The van der Waals surface area contributed by atoms with E-state index in [0.717, 1.165) is 0 Å². The zero-order valence-electron chi connectivity index (χ0n) is 10.5. The van der Waals surface area contributed by atoms with E-state index in [1.807, 2.05) is 0 Å². The molecule has 2 nitrogen and oxygen atoms in total. The lowest BCUT2D eigenvalue weighted by atomic mass is 9.98. The lowest BCUT2D eigenvalue weighted by Crippen LogP contribution is -2.15. The SMILES string of the molecule is COc1ccc(C(N)c2ccc(Br)c(Cl)c2F)c(F)c1. The summed E-state index contributed by atoms with van der Waals surface area (Å²) in [7, 11) is 1.43. The van der Waals surface area contributed by atoms with Gasteiger partial charge < -0.3 is 10.5 Å². The molecule has 1 atom stereocenters. The standard InChI is InChI=1S/C14H11BrClF2NO/c1-20-7-2-3-8(11(17)6-7)14(19)9-4-5-10(15)12(16)13(9)18/h2-6,14H,19H2,1H3. The second kappa shape index (κ2) is 6.08. The van der Waals surface area contributed by atoms with Crippen LogP contribution >= 0.6 is 27.5 Å². The number of benzene rings is 2. The summed E-state index contributed by atoms with van der Waals surface area (Å²) < 4.78 is 33.4. The van der Waals surface area contributed by atoms with Crippen LogP contribution in [0.4, 0.5) is 8.78 Å². The van der Waals surface area contributed by atoms with E-state index in [0.29, 0.717) is 10.2 Å². The van der Waals surface area contributed by atoms with E-state index in [1.54, 1.807) is 12.1 Å². The molecule has 20 heavy (non-hydrogen) atoms. The molecule has 0 saturated carbocycles. The van der Waals surface area contributed by atoms with Gasteiger partial charge >= 0.3 is 0 Å². The minimum atomic E-state index is -0.952. The van der Waals surface area contributed by atoms with Crippen LogP contribution in [-0.4, -0.2) is 7.11 Å². The Morgan fingerprint density at radius 1 is 1.20 bits per heavy atom. The number of ether oxygens (including phenoxy) is 1. The van der Waals surface area contributed by atoms with Crippen LogP contribution < -0.4 is 10.5 Å². The molecule has 0 aliphatic carbocycles. The molecule has 0 bridgehead atoms. The highest BCUT2D eigenvalue weighted by atomic mass is 79.9. The molecule has 6 heteroatoms. The third-order valence-corrected chi connectivity index (χ3v) is 4.20. The van der Waals surface area contributed by atoms with E-state index in [2.05, 4.69) is 15.9 Å². The molecular weight excluding hydrogens is 352 g/mol. The number of hydrogen-bond donors (Lipinski definition) is 1. The van der Waals surface area contributed by atoms with E-state index in [4.69, 9.17) is 22.1 Å². The summed E-state index contributed by atoms with van der Waals surface area (Å²) in [6, 6.07) is 6.33. The summed E-state index contributed by atoms with van der Waals surface area (Å²) in [6.45, 7) is 0. The number of methoxy groups -OCH3 is 1. The van der Waals surface area contributed by atoms with Crippen LogP contribution in [0.3, 0.4) is 0 Å². The van der Waals surface area contributed by atoms with Gasteiger partial charge in [-0.25, -0.2) is 8.78 Å². The monoisotopic (exact) mass is 361 g/mol. The van der Waals surface area contributed by atoms with E-state index in [1.165, 1.54) is 25.3 Å². The molecule has 2 N–H and O–H groups in total. The lowest BCUT2D eigenvalue weighted by Gasteiger charge is -2.16. The molecule has 0 aromatic heterocycles. The fourth-order valence-corrected chi connectivity index (χ4v) is 2.31. The average molecular weight is 363 g/mol. The summed E-state index contributed by atoms with van der Waals surface area (Å²) >= 11 is 8.93. The van der Waals surface area contributed by atoms with Crippen LogP contribution in [0.5, 0.6) is 5.75 Å². The Morgan fingerprint density at radius 2 is 1.85 bits per heavy atom. The molecule has 0 aliphatic rings. The average Bonchev–Trinajstić information content (AvgIpc) is 2.44. The van der Waals surface area contributed by atoms with Crippen molar-refractivity contribution in [1.82, 2.24) is 0 Å². The predicted octanol–water partition coefficient (Wildman–Crippen LogP) is 4.44. The summed E-state index contributed by atoms with van der Waals surface area (Å²) in [5.41, 5.74) is 6.23. The Kier molecular flexibility index (Phi) is 4.62. The van der Waals surface area contributed by atoms with Crippen molar-refractivity contribution in [3.63, 3.8) is 0 Å². The first kappa shape index (κ1) is 15.2. The van der Waals surface area contributed by atoms with Gasteiger partial charge in [0.2, 0.25) is 0 Å². The minimum Gasteiger partial charge on any atom is -0.497 e. The van der Waals surface area contributed by atoms with Gasteiger partial charge in [0.15, 0.2) is 0 Å². The first-order valence-electron chi connectivity index (χ1n) is 5.68. The molecule has 0 spiro atoms. The summed E-state index contributed by atoms with van der Waals surface area (Å²) in [5, 5.41) is -0.0770. The molecular formula is C14H11BrClF2NO. The van der Waals surface area contributed by atoms with E-state index < -0.39 is 17.7 Å². The molecule has 0 fully saturated rings. The fraction of sp³-hybridized carbons (Fsp3) is 0.143. The third kappa shape index (κ3) is 2.80. The van der Waals surface area contributed by atoms with Crippen LogP contribution in [-0.2, 0) is 0 Å². The largest absolute Gasteiger partial charge is 0.497 e. The van der Waals surface area contributed by atoms with Crippen molar-refractivity contribution < 1.29 is 13.5 Å². The highest BCUT2D eigenvalue weighted by molar-refractivity contribution is 9.10. The van der Waals surface area contributed by atoms with Gasteiger partial charge in [0.05, 0.1) is 18.2 Å². The van der Waals surface area contributed by atoms with E-state index in [9.17, 15) is 8.78 Å². The van der Waals surface area contributed by atoms with Gasteiger partial charge in [-0.15, -0.1) is 0 Å². The topological polar surface area (TPSA) is 35.2 Å². The second-order valence-corrected chi connectivity index (χ2v) is 5.36. The third-order valence-electron chi connectivity index (χ3n) is 2.94. The van der Waals surface area contributed by atoms with Gasteiger partial charge in [-0.1, -0.05) is 23.7 Å². The zero-order valence-corrected chi connectivity index (χ0v) is 12.8. The van der Waals surface area contributed by atoms with Crippen LogP contribution in [0.2, 0.25) is 5.02 Å². The van der Waals surface area contributed by atoms with Gasteiger partial charge in [-0.05, 0) is 28.1 Å². The molecule has 2 aromatic rings. The maximum Gasteiger partial charge on any atom is 0.148 e. The Labute approximate surface area is 128 Å². The van der Waals surface area contributed by atoms with Crippen molar-refractivity contribution >= 4 is 27.5 Å². The van der Waals surface area contributed by atoms with Crippen LogP contribution in [0.25, 0.3) is 0 Å². The Balaban J connectivity index is 2.46. The smallest absolute Gasteiger partial charge is 0.148 e. The van der Waals surface area contributed by atoms with Crippen molar-refractivity contribution in [3.05, 3.63) is 62.6 Å². The molecule has 0 aliphatic heterocycles. The first-order valence-corrected chi connectivity index (χ1v) is 6.85. The van der Waals surface area contributed by atoms with E-state index in [-0.39, 0.29) is 16.1 Å². The van der Waals surface area contributed by atoms with Gasteiger partial charge in [-0.2, -0.15) is 0 Å². The maximum atomic E-state index is 14.1. The van der Waals surface area contributed by atoms with Gasteiger partial charge in [-0.3, -0.25) is 0 Å².